The lowest BCUT2D eigenvalue weighted by Crippen LogP contribution is -2.23. The highest BCUT2D eigenvalue weighted by atomic mass is 16.5. The molecule has 1 aliphatic carbocycles. The van der Waals surface area contributed by atoms with Crippen LogP contribution in [-0.4, -0.2) is 18.7 Å². The molecule has 100 valence electrons. The van der Waals surface area contributed by atoms with Crippen LogP contribution in [0.15, 0.2) is 40.5 Å². The number of esters is 1. The van der Waals surface area contributed by atoms with Crippen LogP contribution in [0.3, 0.4) is 0 Å². The second kappa shape index (κ2) is 4.96. The number of hydrogen-bond donors (Lipinski definition) is 0. The first-order valence-electron chi connectivity index (χ1n) is 6.59. The van der Waals surface area contributed by atoms with Crippen LogP contribution in [0.5, 0.6) is 0 Å². The topological polar surface area (TPSA) is 48.7 Å². The van der Waals surface area contributed by atoms with E-state index in [1.54, 1.807) is 25.3 Å². The Bertz CT molecular complexity index is 524. The normalized spacial score (nSPS) is 25.1. The molecule has 0 aromatic carbocycles. The fraction of sp³-hybridized carbons (Fsp3) is 0.400. The van der Waals surface area contributed by atoms with Crippen LogP contribution in [-0.2, 0) is 14.3 Å². The molecule has 1 aromatic heterocycles. The van der Waals surface area contributed by atoms with Crippen molar-refractivity contribution in [2.45, 2.75) is 25.9 Å². The average molecular weight is 260 g/mol. The van der Waals surface area contributed by atoms with Gasteiger partial charge in [-0.3, -0.25) is 0 Å². The molecule has 0 amide bonds. The Hall–Kier alpha value is -1.97. The third kappa shape index (κ3) is 2.07. The molecule has 2 aliphatic rings. The maximum atomic E-state index is 12.2. The quantitative estimate of drug-likeness (QED) is 0.619. The Morgan fingerprint density at radius 1 is 1.53 bits per heavy atom. The summed E-state index contributed by atoms with van der Waals surface area (Å²) in [6, 6.07) is 3.59. The first kappa shape index (κ1) is 12.1. The van der Waals surface area contributed by atoms with Gasteiger partial charge in [0.15, 0.2) is 11.5 Å². The lowest BCUT2D eigenvalue weighted by Gasteiger charge is -2.20. The summed E-state index contributed by atoms with van der Waals surface area (Å²) in [6.45, 7) is 2.17. The summed E-state index contributed by atoms with van der Waals surface area (Å²) in [7, 11) is 0. The molecule has 0 fully saturated rings. The molecule has 4 nitrogen and oxygen atoms in total. The Labute approximate surface area is 111 Å². The molecule has 0 spiro atoms. The lowest BCUT2D eigenvalue weighted by molar-refractivity contribution is -0.139. The number of carbonyl (C=O) groups is 1. The summed E-state index contributed by atoms with van der Waals surface area (Å²) in [4.78, 5) is 12.2. The molecule has 19 heavy (non-hydrogen) atoms. The number of allylic oxidation sites excluding steroid dienone is 1. The van der Waals surface area contributed by atoms with Crippen LogP contribution >= 0.6 is 0 Å². The van der Waals surface area contributed by atoms with E-state index in [0.717, 1.165) is 12.8 Å². The monoisotopic (exact) mass is 260 g/mol. The Balaban J connectivity index is 2.01. The van der Waals surface area contributed by atoms with Gasteiger partial charge in [-0.1, -0.05) is 6.08 Å². The van der Waals surface area contributed by atoms with E-state index in [2.05, 4.69) is 6.08 Å². The first-order valence-corrected chi connectivity index (χ1v) is 6.59. The number of ether oxygens (including phenoxy) is 2. The van der Waals surface area contributed by atoms with Gasteiger partial charge in [0.05, 0.1) is 18.4 Å². The van der Waals surface area contributed by atoms with E-state index in [1.807, 2.05) is 6.08 Å². The van der Waals surface area contributed by atoms with Gasteiger partial charge >= 0.3 is 5.97 Å². The van der Waals surface area contributed by atoms with Crippen molar-refractivity contribution < 1.29 is 18.7 Å². The zero-order chi connectivity index (χ0) is 13.2. The molecule has 0 unspecified atom stereocenters. The molecular weight excluding hydrogens is 244 g/mol. The van der Waals surface area contributed by atoms with E-state index in [0.29, 0.717) is 23.7 Å². The Kier molecular flexibility index (Phi) is 3.15. The molecule has 0 saturated carbocycles. The van der Waals surface area contributed by atoms with Gasteiger partial charge in [0.1, 0.15) is 6.10 Å². The molecule has 3 rings (SSSR count). The highest BCUT2D eigenvalue weighted by Gasteiger charge is 2.41. The predicted molar refractivity (Wildman–Crippen MR) is 69.0 cm³/mol. The van der Waals surface area contributed by atoms with Crippen molar-refractivity contribution in [3.05, 3.63) is 41.9 Å². The van der Waals surface area contributed by atoms with E-state index >= 15 is 0 Å². The van der Waals surface area contributed by atoms with Crippen molar-refractivity contribution in [3.63, 3.8) is 0 Å². The minimum Gasteiger partial charge on any atom is -0.481 e. The highest BCUT2D eigenvalue weighted by molar-refractivity contribution is 5.97. The molecule has 1 aromatic rings. The second-order valence-electron chi connectivity index (χ2n) is 4.64. The van der Waals surface area contributed by atoms with E-state index in [1.165, 1.54) is 0 Å². The summed E-state index contributed by atoms with van der Waals surface area (Å²) in [5.74, 6) is 0.900. The molecule has 0 bridgehead atoms. The maximum Gasteiger partial charge on any atom is 0.338 e. The van der Waals surface area contributed by atoms with Crippen molar-refractivity contribution in [3.8, 4) is 0 Å². The van der Waals surface area contributed by atoms with Crippen LogP contribution in [0, 0.1) is 5.92 Å². The van der Waals surface area contributed by atoms with Gasteiger partial charge in [0, 0.05) is 5.92 Å². The van der Waals surface area contributed by atoms with Crippen molar-refractivity contribution >= 4 is 11.7 Å². The molecule has 0 saturated heterocycles. The summed E-state index contributed by atoms with van der Waals surface area (Å²) in [5.41, 5.74) is 0.617. The zero-order valence-electron chi connectivity index (χ0n) is 10.8. The molecule has 4 heteroatoms. The molecule has 2 atom stereocenters. The van der Waals surface area contributed by atoms with Gasteiger partial charge in [0.2, 0.25) is 0 Å². The van der Waals surface area contributed by atoms with Gasteiger partial charge in [-0.15, -0.1) is 0 Å². The number of carbonyl (C=O) groups excluding carboxylic acids is 1. The molecule has 0 radical (unpaired) electrons. The highest BCUT2D eigenvalue weighted by Crippen LogP contribution is 2.42. The van der Waals surface area contributed by atoms with E-state index < -0.39 is 0 Å². The maximum absolute atomic E-state index is 12.2. The smallest absolute Gasteiger partial charge is 0.338 e. The fourth-order valence-corrected chi connectivity index (χ4v) is 2.65. The lowest BCUT2D eigenvalue weighted by atomic mass is 9.86. The molecular formula is C15H16O4. The number of rotatable bonds is 3. The summed E-state index contributed by atoms with van der Waals surface area (Å²) in [5, 5.41) is 0. The third-order valence-electron chi connectivity index (χ3n) is 3.48. The third-order valence-corrected chi connectivity index (χ3v) is 3.48. The summed E-state index contributed by atoms with van der Waals surface area (Å²) in [6.07, 6.45) is 7.47. The van der Waals surface area contributed by atoms with Crippen LogP contribution < -0.4 is 0 Å². The SMILES string of the molecule is CCOC(=O)C1=C(c2ccco2)O[C@@H]2C=CCC[C@H]12. The second-order valence-corrected chi connectivity index (χ2v) is 4.64. The van der Waals surface area contributed by atoms with Crippen LogP contribution in [0.4, 0.5) is 0 Å². The van der Waals surface area contributed by atoms with E-state index in [-0.39, 0.29) is 18.0 Å². The number of furan rings is 1. The molecule has 1 aliphatic heterocycles. The van der Waals surface area contributed by atoms with Crippen LogP contribution in [0.1, 0.15) is 25.5 Å². The van der Waals surface area contributed by atoms with Crippen molar-refractivity contribution in [2.75, 3.05) is 6.61 Å². The number of hydrogen-bond acceptors (Lipinski definition) is 4. The zero-order valence-corrected chi connectivity index (χ0v) is 10.8. The van der Waals surface area contributed by atoms with Crippen molar-refractivity contribution in [1.82, 2.24) is 0 Å². The average Bonchev–Trinajstić information content (AvgIpc) is 3.06. The summed E-state index contributed by atoms with van der Waals surface area (Å²) >= 11 is 0. The molecule has 0 N–H and O–H groups in total. The predicted octanol–water partition coefficient (Wildman–Crippen LogP) is 2.92. The van der Waals surface area contributed by atoms with E-state index in [4.69, 9.17) is 13.9 Å². The van der Waals surface area contributed by atoms with Crippen molar-refractivity contribution in [2.24, 2.45) is 5.92 Å². The van der Waals surface area contributed by atoms with Gasteiger partial charge in [-0.2, -0.15) is 0 Å². The minimum absolute atomic E-state index is 0.0733. The van der Waals surface area contributed by atoms with Crippen molar-refractivity contribution in [1.29, 1.82) is 0 Å². The minimum atomic E-state index is -0.295. The van der Waals surface area contributed by atoms with Gasteiger partial charge in [0.25, 0.3) is 0 Å². The van der Waals surface area contributed by atoms with Gasteiger partial charge in [-0.05, 0) is 38.0 Å². The fourth-order valence-electron chi connectivity index (χ4n) is 2.65. The standard InChI is InChI=1S/C15H16O4/c1-2-17-15(16)13-10-6-3-4-7-11(10)19-14(13)12-8-5-9-18-12/h4-5,7-11H,2-3,6H2,1H3/t10-,11+/m0/s1. The van der Waals surface area contributed by atoms with Crippen LogP contribution in [0.2, 0.25) is 0 Å². The number of fused-ring (bicyclic) bond motifs is 1. The first-order chi connectivity index (χ1) is 9.31. The van der Waals surface area contributed by atoms with Crippen LogP contribution in [0.25, 0.3) is 5.76 Å². The van der Waals surface area contributed by atoms with E-state index in [9.17, 15) is 4.79 Å². The van der Waals surface area contributed by atoms with Gasteiger partial charge < -0.3 is 13.9 Å². The Morgan fingerprint density at radius 2 is 2.42 bits per heavy atom. The Morgan fingerprint density at radius 3 is 3.16 bits per heavy atom. The largest absolute Gasteiger partial charge is 0.481 e. The van der Waals surface area contributed by atoms with Gasteiger partial charge in [-0.25, -0.2) is 4.79 Å². The molecule has 2 heterocycles. The summed E-state index contributed by atoms with van der Waals surface area (Å²) < 4.78 is 16.4.